The molecule has 0 saturated carbocycles. The van der Waals surface area contributed by atoms with Crippen LogP contribution in [0.15, 0.2) is 206 Å². The molecule has 2 aromatic heterocycles. The molecule has 0 atom stereocenters. The number of pyridine rings is 2. The van der Waals surface area contributed by atoms with Gasteiger partial charge in [-0.25, -0.2) is 0 Å². The third-order valence-corrected chi connectivity index (χ3v) is 8.78. The summed E-state index contributed by atoms with van der Waals surface area (Å²) in [6.07, 6.45) is 0. The number of para-hydroxylation sites is 2. The molecule has 6 heteroatoms. The Morgan fingerprint density at radius 1 is 0.250 bits per heavy atom. The number of halogens is 4. The van der Waals surface area contributed by atoms with Crippen LogP contribution in [-0.2, 0) is 0 Å². The quantitative estimate of drug-likeness (QED) is 0.167. The van der Waals surface area contributed by atoms with Gasteiger partial charge in [-0.3, -0.25) is 0 Å². The molecule has 2 heterocycles. The summed E-state index contributed by atoms with van der Waals surface area (Å²) < 4.78 is 4.83. The highest BCUT2D eigenvalue weighted by Gasteiger charge is 2.34. The third-order valence-electron chi connectivity index (χ3n) is 8.78. The lowest BCUT2D eigenvalue weighted by atomic mass is 9.97. The summed E-state index contributed by atoms with van der Waals surface area (Å²) in [6.45, 7) is 0. The average Bonchev–Trinajstić information content (AvgIpc) is 3.22. The lowest BCUT2D eigenvalue weighted by Crippen LogP contribution is -3.00. The predicted octanol–water partition coefficient (Wildman–Crippen LogP) is 6.27. The SMILES string of the molecule is BrBr.[Br-].[Br-].c1ccc(-c2cc(-c3ccccc3)[n+](-c3ccccc3)c(-c3cc(-c4ccccc4)cc(-c4ccccc4)[n+]3-c3ccccc3)c2)cc1. The Morgan fingerprint density at radius 2 is 0.481 bits per heavy atom. The van der Waals surface area contributed by atoms with Crippen LogP contribution in [0.1, 0.15) is 0 Å². The summed E-state index contributed by atoms with van der Waals surface area (Å²) in [7, 11) is 0. The van der Waals surface area contributed by atoms with Crippen molar-refractivity contribution in [2.24, 2.45) is 0 Å². The molecule has 6 aromatic carbocycles. The van der Waals surface area contributed by atoms with Crippen LogP contribution in [0.5, 0.6) is 0 Å². The minimum absolute atomic E-state index is 0. The minimum atomic E-state index is 0. The van der Waals surface area contributed by atoms with Crippen molar-refractivity contribution < 1.29 is 43.1 Å². The van der Waals surface area contributed by atoms with Gasteiger partial charge in [0, 0.05) is 87.9 Å². The maximum absolute atomic E-state index is 2.75. The van der Waals surface area contributed by atoms with E-state index in [2.05, 4.69) is 244 Å². The van der Waals surface area contributed by atoms with Crippen LogP contribution >= 0.6 is 28.3 Å². The zero-order chi connectivity index (χ0) is 34.1. The molecule has 0 aliphatic carbocycles. The molecule has 52 heavy (non-hydrogen) atoms. The molecule has 0 radical (unpaired) electrons. The Labute approximate surface area is 342 Å². The van der Waals surface area contributed by atoms with Gasteiger partial charge in [0.05, 0.1) is 0 Å². The normalized spacial score (nSPS) is 10.2. The average molecular weight is 934 g/mol. The summed E-state index contributed by atoms with van der Waals surface area (Å²) >= 11 is 5.50. The highest BCUT2D eigenvalue weighted by molar-refractivity contribution is 9.93. The monoisotopic (exact) mass is 930 g/mol. The maximum Gasteiger partial charge on any atom is 0.284 e. The number of nitrogens with zero attached hydrogens (tertiary/aromatic N) is 2. The second-order valence-electron chi connectivity index (χ2n) is 11.8. The number of benzene rings is 6. The van der Waals surface area contributed by atoms with E-state index in [1.807, 2.05) is 0 Å². The Kier molecular flexibility index (Phi) is 14.1. The van der Waals surface area contributed by atoms with Gasteiger partial charge in [-0.15, -0.1) is 9.13 Å². The number of rotatable bonds is 7. The molecule has 0 amide bonds. The Bertz CT molecular complexity index is 2140. The van der Waals surface area contributed by atoms with Gasteiger partial charge in [0.2, 0.25) is 22.8 Å². The van der Waals surface area contributed by atoms with E-state index >= 15 is 0 Å². The van der Waals surface area contributed by atoms with Crippen LogP contribution in [0.3, 0.4) is 0 Å². The van der Waals surface area contributed by atoms with Gasteiger partial charge in [0.15, 0.2) is 0 Å². The molecular formula is C46H34Br4N2. The van der Waals surface area contributed by atoms with E-state index in [-0.39, 0.29) is 34.0 Å². The van der Waals surface area contributed by atoms with E-state index in [1.54, 1.807) is 0 Å². The summed E-state index contributed by atoms with van der Waals surface area (Å²) in [5.74, 6) is 0. The van der Waals surface area contributed by atoms with Crippen molar-refractivity contribution in [1.82, 2.24) is 0 Å². The fraction of sp³-hybridized carbons (Fsp3) is 0. The first kappa shape index (κ1) is 38.8. The molecule has 256 valence electrons. The first-order valence-corrected chi connectivity index (χ1v) is 20.2. The molecule has 0 aliphatic rings. The Morgan fingerprint density at radius 3 is 0.769 bits per heavy atom. The molecule has 0 spiro atoms. The second kappa shape index (κ2) is 18.9. The zero-order valence-corrected chi connectivity index (χ0v) is 34.4. The van der Waals surface area contributed by atoms with E-state index in [4.69, 9.17) is 0 Å². The number of hydrogen-bond donors (Lipinski definition) is 0. The van der Waals surface area contributed by atoms with Crippen molar-refractivity contribution in [3.05, 3.63) is 206 Å². The molecule has 0 fully saturated rings. The molecule has 2 nitrogen and oxygen atoms in total. The summed E-state index contributed by atoms with van der Waals surface area (Å²) in [5.41, 5.74) is 13.5. The summed E-state index contributed by atoms with van der Waals surface area (Å²) in [4.78, 5) is 0. The van der Waals surface area contributed by atoms with Gasteiger partial charge in [0.1, 0.15) is 0 Å². The zero-order valence-electron chi connectivity index (χ0n) is 28.0. The minimum Gasteiger partial charge on any atom is -1.00 e. The molecule has 0 unspecified atom stereocenters. The predicted molar refractivity (Wildman–Crippen MR) is 215 cm³/mol. The van der Waals surface area contributed by atoms with Crippen LogP contribution < -0.4 is 43.1 Å². The number of aromatic nitrogens is 2. The van der Waals surface area contributed by atoms with Gasteiger partial charge in [-0.1, -0.05) is 133 Å². The first-order valence-electron chi connectivity index (χ1n) is 16.5. The molecule has 0 saturated heterocycles. The molecule has 8 rings (SSSR count). The van der Waals surface area contributed by atoms with E-state index in [0.717, 1.165) is 56.4 Å². The van der Waals surface area contributed by atoms with E-state index < -0.39 is 0 Å². The lowest BCUT2D eigenvalue weighted by molar-refractivity contribution is -0.604. The van der Waals surface area contributed by atoms with Crippen LogP contribution in [-0.4, -0.2) is 0 Å². The van der Waals surface area contributed by atoms with Gasteiger partial charge in [-0.05, 0) is 46.5 Å². The lowest BCUT2D eigenvalue weighted by Gasteiger charge is -2.15. The number of hydrogen-bond acceptors (Lipinski definition) is 0. The fourth-order valence-electron chi connectivity index (χ4n) is 6.51. The molecular weight excluding hydrogens is 900 g/mol. The van der Waals surface area contributed by atoms with Gasteiger partial charge in [0.25, 0.3) is 11.4 Å². The van der Waals surface area contributed by atoms with Gasteiger partial charge < -0.3 is 34.0 Å². The van der Waals surface area contributed by atoms with E-state index in [9.17, 15) is 0 Å². The second-order valence-corrected chi connectivity index (χ2v) is 11.8. The fourth-order valence-corrected chi connectivity index (χ4v) is 6.51. The van der Waals surface area contributed by atoms with Crippen molar-refractivity contribution in [2.75, 3.05) is 0 Å². The highest BCUT2D eigenvalue weighted by atomic mass is 80.9. The molecule has 8 aromatic rings. The highest BCUT2D eigenvalue weighted by Crippen LogP contribution is 2.34. The van der Waals surface area contributed by atoms with Crippen molar-refractivity contribution in [2.45, 2.75) is 0 Å². The van der Waals surface area contributed by atoms with Crippen LogP contribution in [0, 0.1) is 0 Å². The smallest absolute Gasteiger partial charge is 0.284 e. The topological polar surface area (TPSA) is 7.76 Å². The Hall–Kier alpha value is -4.46. The van der Waals surface area contributed by atoms with Gasteiger partial charge in [-0.2, -0.15) is 0 Å². The van der Waals surface area contributed by atoms with Crippen LogP contribution in [0.4, 0.5) is 0 Å². The van der Waals surface area contributed by atoms with Crippen LogP contribution in [0.2, 0.25) is 0 Å². The Balaban J connectivity index is 0.00000129. The largest absolute Gasteiger partial charge is 1.00 e. The maximum atomic E-state index is 2.75. The van der Waals surface area contributed by atoms with Gasteiger partial charge >= 0.3 is 0 Å². The van der Waals surface area contributed by atoms with E-state index in [0.29, 0.717) is 0 Å². The third kappa shape index (κ3) is 8.43. The molecule has 0 bridgehead atoms. The standard InChI is InChI=1S/C46H34N2.Br2.2BrH/c1-7-19-35(20-8-1)39-31-43(37-23-11-3-12-24-37)47(41-27-15-5-16-28-41)45(33-39)46-34-40(36-21-9-2-10-22-36)32-44(38-25-13-4-14-26-38)48(46)42-29-17-6-18-30-42;1-2;;/h1-34H;;2*1H/q+2;;;/p-2. The van der Waals surface area contributed by atoms with Crippen molar-refractivity contribution in [1.29, 1.82) is 0 Å². The van der Waals surface area contributed by atoms with E-state index in [1.165, 1.54) is 11.1 Å². The van der Waals surface area contributed by atoms with Crippen molar-refractivity contribution in [3.63, 3.8) is 0 Å². The summed E-state index contributed by atoms with van der Waals surface area (Å²) in [5, 5.41) is 0. The van der Waals surface area contributed by atoms with Crippen molar-refractivity contribution >= 4 is 28.3 Å². The summed E-state index contributed by atoms with van der Waals surface area (Å²) in [6, 6.07) is 73.6. The van der Waals surface area contributed by atoms with Crippen LogP contribution in [0.25, 0.3) is 67.5 Å². The van der Waals surface area contributed by atoms with Crippen molar-refractivity contribution in [3.8, 4) is 67.5 Å². The molecule has 0 N–H and O–H groups in total. The first-order chi connectivity index (χ1) is 24.8. The molecule has 0 aliphatic heterocycles.